The van der Waals surface area contributed by atoms with Gasteiger partial charge in [-0.1, -0.05) is 72.8 Å². The fraction of sp³-hybridized carbons (Fsp3) is 0.125. The minimum absolute atomic E-state index is 0.0838. The van der Waals surface area contributed by atoms with Crippen LogP contribution in [-0.2, 0) is 20.1 Å². The zero-order valence-corrected chi connectivity index (χ0v) is 16.2. The lowest BCUT2D eigenvalue weighted by molar-refractivity contribution is 0.798. The zero-order chi connectivity index (χ0) is 20.1. The molecule has 0 amide bonds. The van der Waals surface area contributed by atoms with Crippen molar-refractivity contribution < 1.29 is 0 Å². The van der Waals surface area contributed by atoms with Crippen LogP contribution in [-0.4, -0.2) is 15.4 Å². The molecule has 144 valence electrons. The van der Waals surface area contributed by atoms with E-state index < -0.39 is 0 Å². The number of hydrogen-bond donors (Lipinski definition) is 1. The summed E-state index contributed by atoms with van der Waals surface area (Å²) in [6.45, 7) is 1.10. The van der Waals surface area contributed by atoms with E-state index in [2.05, 4.69) is 17.4 Å². The average molecular weight is 382 g/mol. The largest absolute Gasteiger partial charge is 0.363 e. The number of nitrogens with one attached hydrogen (secondary N) is 1. The van der Waals surface area contributed by atoms with Crippen LogP contribution in [0.4, 0.5) is 0 Å². The van der Waals surface area contributed by atoms with Crippen LogP contribution < -0.4 is 10.9 Å². The molecular formula is C24H22N4O. The van der Waals surface area contributed by atoms with Crippen LogP contribution in [0.1, 0.15) is 17.0 Å². The second-order valence-electron chi connectivity index (χ2n) is 6.81. The predicted molar refractivity (Wildman–Crippen MR) is 117 cm³/mol. The Kier molecular flexibility index (Phi) is 5.47. The predicted octanol–water partition coefficient (Wildman–Crippen LogP) is 3.67. The van der Waals surface area contributed by atoms with Crippen LogP contribution in [0.15, 0.2) is 94.7 Å². The lowest BCUT2D eigenvalue weighted by atomic mass is 10.2. The maximum absolute atomic E-state index is 12.8. The third-order valence-corrected chi connectivity index (χ3v) is 4.76. The van der Waals surface area contributed by atoms with Gasteiger partial charge in [-0.2, -0.15) is 0 Å². The van der Waals surface area contributed by atoms with E-state index in [4.69, 9.17) is 9.98 Å². The van der Waals surface area contributed by atoms with Gasteiger partial charge in [-0.05, 0) is 23.3 Å². The first-order valence-corrected chi connectivity index (χ1v) is 9.54. The van der Waals surface area contributed by atoms with E-state index in [-0.39, 0.29) is 5.56 Å². The summed E-state index contributed by atoms with van der Waals surface area (Å²) in [5.74, 6) is 1.13. The van der Waals surface area contributed by atoms with E-state index in [1.807, 2.05) is 66.7 Å². The highest BCUT2D eigenvalue weighted by atomic mass is 16.1. The number of aliphatic imine (C=N–C) groups is 1. The van der Waals surface area contributed by atoms with Crippen LogP contribution in [0.3, 0.4) is 0 Å². The third-order valence-electron chi connectivity index (χ3n) is 4.76. The number of nitrogens with zero attached hydrogens (tertiary/aromatic N) is 3. The molecule has 5 nitrogen and oxygen atoms in total. The molecule has 0 fully saturated rings. The summed E-state index contributed by atoms with van der Waals surface area (Å²) in [5, 5.41) is 3.98. The first-order valence-electron chi connectivity index (χ1n) is 9.54. The summed E-state index contributed by atoms with van der Waals surface area (Å²) in [7, 11) is 1.74. The quantitative estimate of drug-likeness (QED) is 0.423. The molecule has 0 spiro atoms. The Morgan fingerprint density at radius 1 is 0.897 bits per heavy atom. The minimum Gasteiger partial charge on any atom is -0.363 e. The van der Waals surface area contributed by atoms with Crippen molar-refractivity contribution in [3.8, 4) is 0 Å². The Bertz CT molecular complexity index is 1200. The van der Waals surface area contributed by atoms with Crippen molar-refractivity contribution in [1.29, 1.82) is 0 Å². The highest BCUT2D eigenvalue weighted by Crippen LogP contribution is 2.09. The fourth-order valence-electron chi connectivity index (χ4n) is 3.17. The molecule has 1 N–H and O–H groups in total. The van der Waals surface area contributed by atoms with Crippen LogP contribution in [0.2, 0.25) is 0 Å². The SMILES string of the molecule is Cn1c(C(=NCc2ccccc2)NCc2ccccc2)nc2ccccc2c1=O. The Labute approximate surface area is 169 Å². The number of benzene rings is 3. The Hall–Kier alpha value is -3.73. The maximum Gasteiger partial charge on any atom is 0.261 e. The van der Waals surface area contributed by atoms with Gasteiger partial charge in [-0.3, -0.25) is 14.4 Å². The van der Waals surface area contributed by atoms with Gasteiger partial charge >= 0.3 is 0 Å². The van der Waals surface area contributed by atoms with Gasteiger partial charge in [0.1, 0.15) is 0 Å². The van der Waals surface area contributed by atoms with Gasteiger partial charge in [-0.25, -0.2) is 4.98 Å². The van der Waals surface area contributed by atoms with Gasteiger partial charge in [0, 0.05) is 13.6 Å². The van der Waals surface area contributed by atoms with Crippen molar-refractivity contribution in [2.24, 2.45) is 12.0 Å². The van der Waals surface area contributed by atoms with Crippen LogP contribution in [0, 0.1) is 0 Å². The second kappa shape index (κ2) is 8.52. The van der Waals surface area contributed by atoms with E-state index in [0.717, 1.165) is 11.1 Å². The minimum atomic E-state index is -0.0838. The van der Waals surface area contributed by atoms with E-state index in [0.29, 0.717) is 35.7 Å². The molecule has 5 heteroatoms. The molecule has 0 saturated heterocycles. The molecular weight excluding hydrogens is 360 g/mol. The molecule has 0 bridgehead atoms. The van der Waals surface area contributed by atoms with Crippen LogP contribution >= 0.6 is 0 Å². The molecule has 29 heavy (non-hydrogen) atoms. The molecule has 0 radical (unpaired) electrons. The van der Waals surface area contributed by atoms with Crippen molar-refractivity contribution in [3.05, 3.63) is 112 Å². The standard InChI is InChI=1S/C24H22N4O/c1-28-23(27-21-15-9-8-14-20(21)24(28)29)22(25-16-18-10-4-2-5-11-18)26-17-19-12-6-3-7-13-19/h2-15H,16-17H2,1H3,(H,25,26). The Morgan fingerprint density at radius 2 is 1.52 bits per heavy atom. The molecule has 0 saturated carbocycles. The van der Waals surface area contributed by atoms with Gasteiger partial charge < -0.3 is 5.32 Å². The summed E-state index contributed by atoms with van der Waals surface area (Å²) in [4.78, 5) is 22.3. The van der Waals surface area contributed by atoms with Gasteiger partial charge in [0.05, 0.1) is 17.4 Å². The van der Waals surface area contributed by atoms with Gasteiger partial charge in [-0.15, -0.1) is 0 Å². The van der Waals surface area contributed by atoms with Gasteiger partial charge in [0.25, 0.3) is 5.56 Å². The number of fused-ring (bicyclic) bond motifs is 1. The van der Waals surface area contributed by atoms with Crippen molar-refractivity contribution in [2.75, 3.05) is 0 Å². The van der Waals surface area contributed by atoms with E-state index in [1.54, 1.807) is 17.7 Å². The first-order chi connectivity index (χ1) is 14.2. The van der Waals surface area contributed by atoms with Crippen molar-refractivity contribution >= 4 is 16.7 Å². The number of rotatable bonds is 5. The summed E-state index contributed by atoms with van der Waals surface area (Å²) in [6, 6.07) is 27.5. The number of amidine groups is 1. The molecule has 4 aromatic rings. The molecule has 0 aliphatic carbocycles. The smallest absolute Gasteiger partial charge is 0.261 e. The Morgan fingerprint density at radius 3 is 2.24 bits per heavy atom. The summed E-state index contributed by atoms with van der Waals surface area (Å²) >= 11 is 0. The molecule has 0 aliphatic heterocycles. The van der Waals surface area contributed by atoms with Crippen LogP contribution in [0.5, 0.6) is 0 Å². The summed E-state index contributed by atoms with van der Waals surface area (Å²) in [5.41, 5.74) is 2.81. The molecule has 3 aromatic carbocycles. The third kappa shape index (κ3) is 4.24. The van der Waals surface area contributed by atoms with E-state index >= 15 is 0 Å². The van der Waals surface area contributed by atoms with Gasteiger partial charge in [0.2, 0.25) is 0 Å². The lowest BCUT2D eigenvalue weighted by Gasteiger charge is -2.14. The maximum atomic E-state index is 12.8. The fourth-order valence-corrected chi connectivity index (χ4v) is 3.17. The molecule has 1 aromatic heterocycles. The van der Waals surface area contributed by atoms with E-state index in [9.17, 15) is 4.79 Å². The summed E-state index contributed by atoms with van der Waals surface area (Å²) < 4.78 is 1.56. The summed E-state index contributed by atoms with van der Waals surface area (Å²) in [6.07, 6.45) is 0. The topological polar surface area (TPSA) is 59.3 Å². The average Bonchev–Trinajstić information content (AvgIpc) is 2.78. The molecule has 0 aliphatic rings. The van der Waals surface area contributed by atoms with Crippen molar-refractivity contribution in [2.45, 2.75) is 13.1 Å². The van der Waals surface area contributed by atoms with Crippen molar-refractivity contribution in [3.63, 3.8) is 0 Å². The monoisotopic (exact) mass is 382 g/mol. The molecule has 0 atom stereocenters. The second-order valence-corrected chi connectivity index (χ2v) is 6.81. The molecule has 1 heterocycles. The highest BCUT2D eigenvalue weighted by molar-refractivity contribution is 5.97. The van der Waals surface area contributed by atoms with Gasteiger partial charge in [0.15, 0.2) is 11.7 Å². The van der Waals surface area contributed by atoms with E-state index in [1.165, 1.54) is 0 Å². The zero-order valence-electron chi connectivity index (χ0n) is 16.2. The van der Waals surface area contributed by atoms with Crippen molar-refractivity contribution in [1.82, 2.24) is 14.9 Å². The molecule has 4 rings (SSSR count). The highest BCUT2D eigenvalue weighted by Gasteiger charge is 2.13. The normalized spacial score (nSPS) is 11.6. The Balaban J connectivity index is 1.74. The number of hydrogen-bond acceptors (Lipinski definition) is 3. The molecule has 0 unspecified atom stereocenters. The number of aromatic nitrogens is 2. The number of para-hydroxylation sites is 1. The lowest BCUT2D eigenvalue weighted by Crippen LogP contribution is -2.33. The van der Waals surface area contributed by atoms with Crippen LogP contribution in [0.25, 0.3) is 10.9 Å². The first kappa shape index (κ1) is 18.6.